The molecule has 0 aliphatic rings. The van der Waals surface area contributed by atoms with E-state index < -0.39 is 0 Å². The van der Waals surface area contributed by atoms with Crippen molar-refractivity contribution < 1.29 is 9.53 Å². The molecule has 2 N–H and O–H groups in total. The van der Waals surface area contributed by atoms with Crippen LogP contribution in [0.1, 0.15) is 14.5 Å². The minimum atomic E-state index is -0.261. The summed E-state index contributed by atoms with van der Waals surface area (Å²) in [7, 11) is 1.62. The Morgan fingerprint density at radius 1 is 1.32 bits per heavy atom. The molecule has 3 rings (SSSR count). The molecule has 0 aliphatic heterocycles. The first kappa shape index (κ1) is 17.4. The van der Waals surface area contributed by atoms with Crippen molar-refractivity contribution in [1.82, 2.24) is 10.4 Å². The second-order valence-corrected chi connectivity index (χ2v) is 7.04. The highest BCUT2D eigenvalue weighted by Crippen LogP contribution is 2.28. The number of carbonyl (C=O) groups excluding carboxylic acids is 1. The van der Waals surface area contributed by atoms with Gasteiger partial charge in [0.15, 0.2) is 10.3 Å². The summed E-state index contributed by atoms with van der Waals surface area (Å²) in [5, 5.41) is 9.85. The fourth-order valence-electron chi connectivity index (χ4n) is 1.86. The van der Waals surface area contributed by atoms with E-state index in [9.17, 15) is 4.79 Å². The number of thiazole rings is 1. The standard InChI is InChI=1S/C16H13ClN4O2S2/c1-23-11-6-4-10(5-7-11)19-16-20-14(17)13(25-16)9-18-21-15(22)12-3-2-8-24-12/h2-9H,1H3,(H,19,20)(H,21,22)/b18-9+. The van der Waals surface area contributed by atoms with Gasteiger partial charge in [-0.05, 0) is 35.7 Å². The van der Waals surface area contributed by atoms with Gasteiger partial charge in [-0.25, -0.2) is 10.4 Å². The van der Waals surface area contributed by atoms with Gasteiger partial charge in [-0.3, -0.25) is 4.79 Å². The number of amides is 1. The lowest BCUT2D eigenvalue weighted by Gasteiger charge is -2.03. The van der Waals surface area contributed by atoms with Crippen LogP contribution in [0.5, 0.6) is 5.75 Å². The highest BCUT2D eigenvalue weighted by Gasteiger charge is 2.09. The Morgan fingerprint density at radius 3 is 2.80 bits per heavy atom. The van der Waals surface area contributed by atoms with Crippen molar-refractivity contribution in [2.75, 3.05) is 12.4 Å². The topological polar surface area (TPSA) is 75.6 Å². The van der Waals surface area contributed by atoms with Crippen LogP contribution in [0, 0.1) is 0 Å². The van der Waals surface area contributed by atoms with Crippen LogP contribution in [0.2, 0.25) is 5.15 Å². The van der Waals surface area contributed by atoms with Gasteiger partial charge in [-0.15, -0.1) is 11.3 Å². The first-order valence-electron chi connectivity index (χ1n) is 7.10. The average Bonchev–Trinajstić information content (AvgIpc) is 3.26. The molecule has 0 atom stereocenters. The number of hydrogen-bond acceptors (Lipinski definition) is 7. The molecule has 2 aromatic heterocycles. The van der Waals surface area contributed by atoms with Crippen molar-refractivity contribution in [3.8, 4) is 5.75 Å². The Hall–Kier alpha value is -2.42. The highest BCUT2D eigenvalue weighted by molar-refractivity contribution is 7.17. The number of methoxy groups -OCH3 is 1. The zero-order valence-corrected chi connectivity index (χ0v) is 15.4. The Labute approximate surface area is 157 Å². The first-order valence-corrected chi connectivity index (χ1v) is 9.17. The summed E-state index contributed by atoms with van der Waals surface area (Å²) in [5.41, 5.74) is 3.32. The summed E-state index contributed by atoms with van der Waals surface area (Å²) >= 11 is 8.79. The molecular formula is C16H13ClN4O2S2. The van der Waals surface area contributed by atoms with Crippen LogP contribution in [0.15, 0.2) is 46.9 Å². The summed E-state index contributed by atoms with van der Waals surface area (Å²) in [6, 6.07) is 11.0. The molecule has 0 saturated heterocycles. The van der Waals surface area contributed by atoms with Gasteiger partial charge in [0, 0.05) is 5.69 Å². The van der Waals surface area contributed by atoms with Crippen LogP contribution < -0.4 is 15.5 Å². The van der Waals surface area contributed by atoms with Crippen LogP contribution in [0.4, 0.5) is 10.8 Å². The number of hydrazone groups is 1. The van der Waals surface area contributed by atoms with E-state index >= 15 is 0 Å². The molecule has 25 heavy (non-hydrogen) atoms. The van der Waals surface area contributed by atoms with Gasteiger partial charge in [-0.1, -0.05) is 29.0 Å². The van der Waals surface area contributed by atoms with E-state index in [4.69, 9.17) is 16.3 Å². The molecule has 3 aromatic rings. The van der Waals surface area contributed by atoms with Crippen molar-refractivity contribution in [1.29, 1.82) is 0 Å². The van der Waals surface area contributed by atoms with Crippen LogP contribution in [-0.4, -0.2) is 24.2 Å². The molecule has 9 heteroatoms. The molecule has 2 heterocycles. The maximum Gasteiger partial charge on any atom is 0.281 e. The Kier molecular flexibility index (Phi) is 5.64. The molecular weight excluding hydrogens is 380 g/mol. The quantitative estimate of drug-likeness (QED) is 0.482. The second kappa shape index (κ2) is 8.11. The Balaban J connectivity index is 1.63. The van der Waals surface area contributed by atoms with E-state index in [0.717, 1.165) is 11.4 Å². The summed E-state index contributed by atoms with van der Waals surface area (Å²) in [4.78, 5) is 17.3. The lowest BCUT2D eigenvalue weighted by atomic mass is 10.3. The summed E-state index contributed by atoms with van der Waals surface area (Å²) in [6.07, 6.45) is 1.48. The first-order chi connectivity index (χ1) is 12.2. The molecule has 0 radical (unpaired) electrons. The zero-order valence-electron chi connectivity index (χ0n) is 13.0. The summed E-state index contributed by atoms with van der Waals surface area (Å²) in [6.45, 7) is 0. The number of anilines is 2. The van der Waals surface area contributed by atoms with Crippen LogP contribution in [-0.2, 0) is 0 Å². The van der Waals surface area contributed by atoms with Gasteiger partial charge in [0.1, 0.15) is 5.75 Å². The number of nitrogens with zero attached hydrogens (tertiary/aromatic N) is 2. The lowest BCUT2D eigenvalue weighted by Crippen LogP contribution is -2.15. The maximum absolute atomic E-state index is 11.8. The van der Waals surface area contributed by atoms with Crippen molar-refractivity contribution in [3.63, 3.8) is 0 Å². The molecule has 0 aliphatic carbocycles. The minimum absolute atomic E-state index is 0.261. The number of hydrogen-bond donors (Lipinski definition) is 2. The minimum Gasteiger partial charge on any atom is -0.497 e. The number of halogens is 1. The SMILES string of the molecule is COc1ccc(Nc2nc(Cl)c(/C=N/NC(=O)c3cccs3)s2)cc1. The number of aromatic nitrogens is 1. The van der Waals surface area contributed by atoms with Crippen molar-refractivity contribution >= 4 is 57.2 Å². The monoisotopic (exact) mass is 392 g/mol. The molecule has 1 amide bonds. The van der Waals surface area contributed by atoms with Gasteiger partial charge >= 0.3 is 0 Å². The lowest BCUT2D eigenvalue weighted by molar-refractivity contribution is 0.0959. The van der Waals surface area contributed by atoms with Crippen molar-refractivity contribution in [3.05, 3.63) is 56.7 Å². The van der Waals surface area contributed by atoms with E-state index in [1.807, 2.05) is 29.6 Å². The van der Waals surface area contributed by atoms with Gasteiger partial charge in [-0.2, -0.15) is 5.10 Å². The number of thiophene rings is 1. The van der Waals surface area contributed by atoms with Crippen LogP contribution in [0.25, 0.3) is 0 Å². The molecule has 0 bridgehead atoms. The Bertz CT molecular complexity index is 876. The summed E-state index contributed by atoms with van der Waals surface area (Å²) in [5.74, 6) is 0.514. The zero-order chi connectivity index (χ0) is 17.6. The third kappa shape index (κ3) is 4.56. The van der Waals surface area contributed by atoms with E-state index in [-0.39, 0.29) is 5.91 Å². The molecule has 0 unspecified atom stereocenters. The predicted octanol–water partition coefficient (Wildman–Crippen LogP) is 4.37. The fraction of sp³-hybridized carbons (Fsp3) is 0.0625. The molecule has 128 valence electrons. The maximum atomic E-state index is 11.8. The number of ether oxygens (including phenoxy) is 1. The smallest absolute Gasteiger partial charge is 0.281 e. The molecule has 0 saturated carbocycles. The fourth-order valence-corrected chi connectivity index (χ4v) is 3.52. The van der Waals surface area contributed by atoms with E-state index in [2.05, 4.69) is 20.8 Å². The number of nitrogens with one attached hydrogen (secondary N) is 2. The van der Waals surface area contributed by atoms with Gasteiger partial charge in [0.25, 0.3) is 5.91 Å². The van der Waals surface area contributed by atoms with Crippen molar-refractivity contribution in [2.24, 2.45) is 5.10 Å². The largest absolute Gasteiger partial charge is 0.497 e. The number of carbonyl (C=O) groups is 1. The normalized spacial score (nSPS) is 10.8. The third-order valence-electron chi connectivity index (χ3n) is 3.04. The third-order valence-corrected chi connectivity index (χ3v) is 5.22. The van der Waals surface area contributed by atoms with Crippen LogP contribution >= 0.6 is 34.3 Å². The summed E-state index contributed by atoms with van der Waals surface area (Å²) < 4.78 is 5.12. The van der Waals surface area contributed by atoms with E-state index in [1.165, 1.54) is 28.9 Å². The molecule has 0 spiro atoms. The van der Waals surface area contributed by atoms with Crippen molar-refractivity contribution in [2.45, 2.75) is 0 Å². The molecule has 1 aromatic carbocycles. The van der Waals surface area contributed by atoms with Gasteiger partial charge in [0.2, 0.25) is 0 Å². The second-order valence-electron chi connectivity index (χ2n) is 4.70. The van der Waals surface area contributed by atoms with Gasteiger partial charge < -0.3 is 10.1 Å². The number of rotatable bonds is 6. The Morgan fingerprint density at radius 2 is 2.12 bits per heavy atom. The highest BCUT2D eigenvalue weighted by atomic mass is 35.5. The van der Waals surface area contributed by atoms with Gasteiger partial charge in [0.05, 0.1) is 23.1 Å². The average molecular weight is 393 g/mol. The predicted molar refractivity (Wildman–Crippen MR) is 103 cm³/mol. The van der Waals surface area contributed by atoms with E-state index in [0.29, 0.717) is 20.0 Å². The van der Waals surface area contributed by atoms with Crippen LogP contribution in [0.3, 0.4) is 0 Å². The molecule has 6 nitrogen and oxygen atoms in total. The van der Waals surface area contributed by atoms with E-state index in [1.54, 1.807) is 19.2 Å². The number of benzene rings is 1. The molecule has 0 fully saturated rings.